The van der Waals surface area contributed by atoms with Crippen LogP contribution in [0.1, 0.15) is 36.1 Å². The second-order valence-electron chi connectivity index (χ2n) is 7.03. The molecule has 1 aliphatic rings. The van der Waals surface area contributed by atoms with E-state index in [1.807, 2.05) is 44.2 Å². The maximum atomic E-state index is 12.6. The molecule has 32 heavy (non-hydrogen) atoms. The minimum Gasteiger partial charge on any atom is -0.490 e. The van der Waals surface area contributed by atoms with Gasteiger partial charge in [-0.3, -0.25) is 9.69 Å². The highest BCUT2D eigenvalue weighted by Crippen LogP contribution is 2.35. The summed E-state index contributed by atoms with van der Waals surface area (Å²) in [7, 11) is 0. The fraction of sp³-hybridized carbons (Fsp3) is 0.240. The van der Waals surface area contributed by atoms with Crippen molar-refractivity contribution in [3.05, 3.63) is 77.0 Å². The van der Waals surface area contributed by atoms with E-state index in [4.69, 9.17) is 21.7 Å². The van der Waals surface area contributed by atoms with E-state index in [0.717, 1.165) is 16.7 Å². The Morgan fingerprint density at radius 2 is 2.00 bits per heavy atom. The third kappa shape index (κ3) is 4.98. The van der Waals surface area contributed by atoms with Crippen molar-refractivity contribution in [1.82, 2.24) is 10.2 Å². The number of thiocarbonyl (C=S) groups is 1. The molecule has 1 N–H and O–H groups in total. The predicted molar refractivity (Wildman–Crippen MR) is 128 cm³/mol. The average Bonchev–Trinajstić information content (AvgIpc) is 3.05. The van der Waals surface area contributed by atoms with Crippen molar-refractivity contribution in [2.45, 2.75) is 26.9 Å². The van der Waals surface area contributed by atoms with Gasteiger partial charge in [0, 0.05) is 17.7 Å². The summed E-state index contributed by atoms with van der Waals surface area (Å²) < 4.78 is 12.0. The number of ether oxygens (including phenoxy) is 2. The minimum atomic E-state index is -0.158. The first-order valence-corrected chi connectivity index (χ1v) is 10.8. The smallest absolute Gasteiger partial charge is 0.276 e. The molecule has 2 aromatic rings. The number of rotatable bonds is 9. The number of nitriles is 1. The zero-order valence-electron chi connectivity index (χ0n) is 18.2. The Hall–Kier alpha value is -3.63. The van der Waals surface area contributed by atoms with Crippen LogP contribution in [-0.2, 0) is 17.8 Å². The number of amides is 1. The summed E-state index contributed by atoms with van der Waals surface area (Å²) in [6.07, 6.45) is 4.09. The Kier molecular flexibility index (Phi) is 7.63. The van der Waals surface area contributed by atoms with Crippen molar-refractivity contribution in [2.75, 3.05) is 13.2 Å². The van der Waals surface area contributed by atoms with Crippen LogP contribution in [0.3, 0.4) is 0 Å². The predicted octanol–water partition coefficient (Wildman–Crippen LogP) is 4.34. The number of nitrogens with zero attached hydrogens (tertiary/aromatic N) is 2. The minimum absolute atomic E-state index is 0.158. The van der Waals surface area contributed by atoms with Gasteiger partial charge >= 0.3 is 0 Å². The van der Waals surface area contributed by atoms with Gasteiger partial charge in [0.25, 0.3) is 5.91 Å². The van der Waals surface area contributed by atoms with Crippen molar-refractivity contribution in [2.24, 2.45) is 0 Å². The molecule has 164 valence electrons. The van der Waals surface area contributed by atoms with Crippen LogP contribution >= 0.6 is 12.2 Å². The Bertz CT molecular complexity index is 1120. The summed E-state index contributed by atoms with van der Waals surface area (Å²) in [5.41, 5.74) is 3.43. The van der Waals surface area contributed by atoms with Gasteiger partial charge in [-0.05, 0) is 62.3 Å². The Morgan fingerprint density at radius 1 is 1.22 bits per heavy atom. The maximum Gasteiger partial charge on any atom is 0.276 e. The largest absolute Gasteiger partial charge is 0.490 e. The number of benzene rings is 2. The van der Waals surface area contributed by atoms with Crippen molar-refractivity contribution in [3.8, 4) is 17.6 Å². The standard InChI is InChI=1S/C25H25N3O3S/c1-4-9-18-12-17(13-21-24(29)28(5-2)25(32)27-21)14-22(30-6-3)23(18)31-16-20-11-8-7-10-19(20)15-26/h4,7-8,10-14H,1,5-6,9,16H2,2-3H3,(H,27,32)/b21-13-. The monoisotopic (exact) mass is 447 g/mol. The molecule has 0 saturated carbocycles. The molecule has 1 fully saturated rings. The molecule has 0 aromatic heterocycles. The topological polar surface area (TPSA) is 74.6 Å². The van der Waals surface area contributed by atoms with Crippen molar-refractivity contribution >= 4 is 29.3 Å². The third-order valence-electron chi connectivity index (χ3n) is 4.92. The highest BCUT2D eigenvalue weighted by Gasteiger charge is 2.29. The first-order chi connectivity index (χ1) is 15.5. The quantitative estimate of drug-likeness (QED) is 0.350. The number of carbonyl (C=O) groups excluding carboxylic acids is 1. The second-order valence-corrected chi connectivity index (χ2v) is 7.42. The lowest BCUT2D eigenvalue weighted by Crippen LogP contribution is -2.30. The number of likely N-dealkylation sites (N-methyl/N-ethyl adjacent to an activating group) is 1. The van der Waals surface area contributed by atoms with Gasteiger partial charge in [-0.2, -0.15) is 5.26 Å². The molecule has 7 heteroatoms. The number of allylic oxidation sites excluding steroid dienone is 1. The van der Waals surface area contributed by atoms with E-state index in [-0.39, 0.29) is 12.5 Å². The van der Waals surface area contributed by atoms with Gasteiger partial charge in [0.05, 0.1) is 18.2 Å². The molecule has 1 amide bonds. The Labute approximate surface area is 193 Å². The molecular weight excluding hydrogens is 422 g/mol. The summed E-state index contributed by atoms with van der Waals surface area (Å²) in [6, 6.07) is 13.3. The zero-order chi connectivity index (χ0) is 23.1. The summed E-state index contributed by atoms with van der Waals surface area (Å²) >= 11 is 5.24. The molecule has 2 aromatic carbocycles. The molecule has 0 radical (unpaired) electrons. The van der Waals surface area contributed by atoms with E-state index in [9.17, 15) is 10.1 Å². The number of nitrogens with one attached hydrogen (secondary N) is 1. The van der Waals surface area contributed by atoms with Gasteiger partial charge in [0.1, 0.15) is 12.3 Å². The summed E-state index contributed by atoms with van der Waals surface area (Å²) in [5, 5.41) is 12.7. The fourth-order valence-corrected chi connectivity index (χ4v) is 3.75. The van der Waals surface area contributed by atoms with Gasteiger partial charge in [0.15, 0.2) is 16.6 Å². The van der Waals surface area contributed by atoms with Crippen LogP contribution in [0.2, 0.25) is 0 Å². The van der Waals surface area contributed by atoms with Crippen LogP contribution in [-0.4, -0.2) is 29.1 Å². The van der Waals surface area contributed by atoms with Gasteiger partial charge < -0.3 is 14.8 Å². The summed E-state index contributed by atoms with van der Waals surface area (Å²) in [5.74, 6) is 1.00. The molecule has 3 rings (SSSR count). The lowest BCUT2D eigenvalue weighted by atomic mass is 10.0. The summed E-state index contributed by atoms with van der Waals surface area (Å²) in [4.78, 5) is 14.1. The zero-order valence-corrected chi connectivity index (χ0v) is 19.0. The highest BCUT2D eigenvalue weighted by molar-refractivity contribution is 7.80. The molecule has 1 aliphatic heterocycles. The maximum absolute atomic E-state index is 12.6. The molecule has 0 atom stereocenters. The van der Waals surface area contributed by atoms with Crippen molar-refractivity contribution in [1.29, 1.82) is 5.26 Å². The second kappa shape index (κ2) is 10.6. The van der Waals surface area contributed by atoms with E-state index < -0.39 is 0 Å². The Morgan fingerprint density at radius 3 is 2.66 bits per heavy atom. The van der Waals surface area contributed by atoms with Crippen LogP contribution in [0.4, 0.5) is 0 Å². The molecule has 0 aliphatic carbocycles. The molecule has 0 spiro atoms. The van der Waals surface area contributed by atoms with Crippen LogP contribution in [0, 0.1) is 11.3 Å². The van der Waals surface area contributed by atoms with E-state index >= 15 is 0 Å². The van der Waals surface area contributed by atoms with Gasteiger partial charge in [-0.15, -0.1) is 6.58 Å². The number of carbonyl (C=O) groups is 1. The van der Waals surface area contributed by atoms with E-state index in [2.05, 4.69) is 18.0 Å². The number of hydrogen-bond donors (Lipinski definition) is 1. The van der Waals surface area contributed by atoms with E-state index in [1.165, 1.54) is 4.90 Å². The lowest BCUT2D eigenvalue weighted by Gasteiger charge is -2.17. The molecule has 1 saturated heterocycles. The molecule has 0 unspecified atom stereocenters. The molecular formula is C25H25N3O3S. The van der Waals surface area contributed by atoms with Crippen molar-refractivity contribution < 1.29 is 14.3 Å². The first kappa shape index (κ1) is 23.0. The van der Waals surface area contributed by atoms with Gasteiger partial charge in [-0.1, -0.05) is 24.3 Å². The van der Waals surface area contributed by atoms with E-state index in [0.29, 0.717) is 47.4 Å². The van der Waals surface area contributed by atoms with E-state index in [1.54, 1.807) is 18.2 Å². The van der Waals surface area contributed by atoms with Crippen LogP contribution in [0.15, 0.2) is 54.8 Å². The van der Waals surface area contributed by atoms with Crippen LogP contribution in [0.25, 0.3) is 6.08 Å². The molecule has 1 heterocycles. The summed E-state index contributed by atoms with van der Waals surface area (Å²) in [6.45, 7) is 8.80. The fourth-order valence-electron chi connectivity index (χ4n) is 3.43. The third-order valence-corrected chi connectivity index (χ3v) is 5.24. The SMILES string of the molecule is C=CCc1cc(/C=C2\NC(=S)N(CC)C2=O)cc(OCC)c1OCc1ccccc1C#N. The normalized spacial score (nSPS) is 14.3. The first-order valence-electron chi connectivity index (χ1n) is 10.4. The molecule has 0 bridgehead atoms. The van der Waals surface area contributed by atoms with Crippen molar-refractivity contribution in [3.63, 3.8) is 0 Å². The van der Waals surface area contributed by atoms with Crippen LogP contribution < -0.4 is 14.8 Å². The lowest BCUT2D eigenvalue weighted by molar-refractivity contribution is -0.122. The van der Waals surface area contributed by atoms with Gasteiger partial charge in [-0.25, -0.2) is 0 Å². The van der Waals surface area contributed by atoms with Crippen LogP contribution in [0.5, 0.6) is 11.5 Å². The number of hydrogen-bond acceptors (Lipinski definition) is 5. The van der Waals surface area contributed by atoms with Gasteiger partial charge in [0.2, 0.25) is 0 Å². The Balaban J connectivity index is 1.98. The average molecular weight is 448 g/mol. The highest BCUT2D eigenvalue weighted by atomic mass is 32.1. The molecule has 6 nitrogen and oxygen atoms in total.